The van der Waals surface area contributed by atoms with Crippen LogP contribution in [0.25, 0.3) is 0 Å². The topological polar surface area (TPSA) is 12.0 Å². The lowest BCUT2D eigenvalue weighted by Crippen LogP contribution is -2.19. The van der Waals surface area contributed by atoms with Gasteiger partial charge in [-0.25, -0.2) is 0 Å². The second kappa shape index (κ2) is 6.98. The molecule has 0 radical (unpaired) electrons. The van der Waals surface area contributed by atoms with E-state index in [9.17, 15) is 0 Å². The molecule has 0 aromatic heterocycles. The first-order valence-electron chi connectivity index (χ1n) is 4.67. The Morgan fingerprint density at radius 1 is 1.15 bits per heavy atom. The highest BCUT2D eigenvalue weighted by molar-refractivity contribution is 7.98. The molecular weight excluding hydrogens is 178 g/mol. The molecule has 0 aliphatic carbocycles. The van der Waals surface area contributed by atoms with E-state index in [4.69, 9.17) is 0 Å². The van der Waals surface area contributed by atoms with Gasteiger partial charge < -0.3 is 5.32 Å². The lowest BCUT2D eigenvalue weighted by Gasteiger charge is -2.03. The van der Waals surface area contributed by atoms with Gasteiger partial charge in [-0.2, -0.15) is 11.8 Å². The Morgan fingerprint density at radius 2 is 1.92 bits per heavy atom. The van der Waals surface area contributed by atoms with Gasteiger partial charge in [-0.05, 0) is 24.8 Å². The summed E-state index contributed by atoms with van der Waals surface area (Å²) in [6.45, 7) is 2.21. The molecule has 0 aliphatic rings. The molecule has 13 heavy (non-hydrogen) atoms. The molecule has 0 amide bonds. The maximum absolute atomic E-state index is 3.41. The van der Waals surface area contributed by atoms with Crippen LogP contribution in [0.4, 0.5) is 0 Å². The normalized spacial score (nSPS) is 10.2. The molecule has 1 aromatic carbocycles. The van der Waals surface area contributed by atoms with Gasteiger partial charge in [-0.3, -0.25) is 0 Å². The third-order valence-corrected chi connectivity index (χ3v) is 2.53. The summed E-state index contributed by atoms with van der Waals surface area (Å²) in [5.74, 6) is 1.20. The van der Waals surface area contributed by atoms with Crippen molar-refractivity contribution >= 4 is 11.8 Å². The number of thioether (sulfide) groups is 1. The smallest absolute Gasteiger partial charge is 0.00553 e. The molecule has 0 atom stereocenters. The zero-order chi connectivity index (χ0) is 9.36. The first-order valence-corrected chi connectivity index (χ1v) is 6.06. The molecular formula is C11H17NS. The second-order valence-corrected chi connectivity index (χ2v) is 3.96. The Balaban J connectivity index is 2.07. The van der Waals surface area contributed by atoms with Crippen molar-refractivity contribution in [1.82, 2.24) is 5.32 Å². The average Bonchev–Trinajstić information content (AvgIpc) is 2.19. The first-order chi connectivity index (χ1) is 6.43. The Hall–Kier alpha value is -0.470. The standard InChI is InChI=1S/C11H17NS/c1-13-10-9-12-8-7-11-5-3-2-4-6-11/h2-6,12H,7-10H2,1H3. The van der Waals surface area contributed by atoms with Crippen molar-refractivity contribution in [2.75, 3.05) is 25.1 Å². The number of hydrogen-bond donors (Lipinski definition) is 1. The second-order valence-electron chi connectivity index (χ2n) is 2.98. The van der Waals surface area contributed by atoms with Gasteiger partial charge in [0.1, 0.15) is 0 Å². The van der Waals surface area contributed by atoms with Crippen LogP contribution in [0.2, 0.25) is 0 Å². The van der Waals surface area contributed by atoms with Crippen molar-refractivity contribution in [1.29, 1.82) is 0 Å². The van der Waals surface area contributed by atoms with Gasteiger partial charge in [0.25, 0.3) is 0 Å². The summed E-state index contributed by atoms with van der Waals surface area (Å²) in [6.07, 6.45) is 3.27. The van der Waals surface area contributed by atoms with E-state index < -0.39 is 0 Å². The molecule has 1 aromatic rings. The molecule has 0 spiro atoms. The van der Waals surface area contributed by atoms with E-state index in [1.807, 2.05) is 11.8 Å². The van der Waals surface area contributed by atoms with Crippen LogP contribution in [0.3, 0.4) is 0 Å². The lowest BCUT2D eigenvalue weighted by molar-refractivity contribution is 0.721. The van der Waals surface area contributed by atoms with Crippen molar-refractivity contribution in [3.05, 3.63) is 35.9 Å². The quantitative estimate of drug-likeness (QED) is 0.698. The Labute approximate surface area is 84.9 Å². The molecule has 1 N–H and O–H groups in total. The maximum atomic E-state index is 3.41. The van der Waals surface area contributed by atoms with Gasteiger partial charge in [0, 0.05) is 12.3 Å². The van der Waals surface area contributed by atoms with Crippen LogP contribution in [0.1, 0.15) is 5.56 Å². The Morgan fingerprint density at radius 3 is 2.62 bits per heavy atom. The van der Waals surface area contributed by atoms with Crippen molar-refractivity contribution in [3.8, 4) is 0 Å². The van der Waals surface area contributed by atoms with E-state index in [-0.39, 0.29) is 0 Å². The molecule has 72 valence electrons. The fraction of sp³-hybridized carbons (Fsp3) is 0.455. The summed E-state index contributed by atoms with van der Waals surface area (Å²) in [5.41, 5.74) is 1.42. The number of rotatable bonds is 6. The number of hydrogen-bond acceptors (Lipinski definition) is 2. The molecule has 0 fully saturated rings. The van der Waals surface area contributed by atoms with Gasteiger partial charge in [0.15, 0.2) is 0 Å². The van der Waals surface area contributed by atoms with Crippen LogP contribution in [0, 0.1) is 0 Å². The monoisotopic (exact) mass is 195 g/mol. The minimum atomic E-state index is 1.09. The molecule has 1 rings (SSSR count). The van der Waals surface area contributed by atoms with E-state index in [1.165, 1.54) is 11.3 Å². The highest BCUT2D eigenvalue weighted by Crippen LogP contribution is 1.98. The van der Waals surface area contributed by atoms with Crippen LogP contribution in [0.15, 0.2) is 30.3 Å². The third-order valence-electron chi connectivity index (χ3n) is 1.92. The number of nitrogens with one attached hydrogen (secondary N) is 1. The fourth-order valence-electron chi connectivity index (χ4n) is 1.18. The molecule has 0 heterocycles. The van der Waals surface area contributed by atoms with E-state index in [2.05, 4.69) is 41.9 Å². The summed E-state index contributed by atoms with van der Waals surface area (Å²) in [5, 5.41) is 3.41. The summed E-state index contributed by atoms with van der Waals surface area (Å²) in [4.78, 5) is 0. The predicted octanol–water partition coefficient (Wildman–Crippen LogP) is 2.18. The van der Waals surface area contributed by atoms with Crippen molar-refractivity contribution < 1.29 is 0 Å². The first kappa shape index (κ1) is 10.6. The summed E-state index contributed by atoms with van der Waals surface area (Å²) in [7, 11) is 0. The molecule has 2 heteroatoms. The zero-order valence-electron chi connectivity index (χ0n) is 8.12. The zero-order valence-corrected chi connectivity index (χ0v) is 8.94. The number of benzene rings is 1. The third kappa shape index (κ3) is 4.96. The van der Waals surface area contributed by atoms with Crippen LogP contribution in [-0.2, 0) is 6.42 Å². The molecule has 1 nitrogen and oxygen atoms in total. The van der Waals surface area contributed by atoms with Crippen molar-refractivity contribution in [2.24, 2.45) is 0 Å². The van der Waals surface area contributed by atoms with Gasteiger partial charge in [-0.15, -0.1) is 0 Å². The highest BCUT2D eigenvalue weighted by Gasteiger charge is 1.90. The molecule has 0 saturated carbocycles. The molecule has 0 unspecified atom stereocenters. The minimum Gasteiger partial charge on any atom is -0.316 e. The van der Waals surface area contributed by atoms with Crippen molar-refractivity contribution in [2.45, 2.75) is 6.42 Å². The highest BCUT2D eigenvalue weighted by atomic mass is 32.2. The summed E-state index contributed by atoms with van der Waals surface area (Å²) in [6, 6.07) is 10.6. The summed E-state index contributed by atoms with van der Waals surface area (Å²) >= 11 is 1.89. The van der Waals surface area contributed by atoms with Gasteiger partial charge >= 0.3 is 0 Å². The van der Waals surface area contributed by atoms with Crippen LogP contribution >= 0.6 is 11.8 Å². The Kier molecular flexibility index (Phi) is 5.70. The van der Waals surface area contributed by atoms with Gasteiger partial charge in [0.05, 0.1) is 0 Å². The lowest BCUT2D eigenvalue weighted by atomic mass is 10.1. The predicted molar refractivity (Wildman–Crippen MR) is 61.4 cm³/mol. The van der Waals surface area contributed by atoms with Crippen LogP contribution < -0.4 is 5.32 Å². The molecule has 0 saturated heterocycles. The Bertz CT molecular complexity index is 211. The van der Waals surface area contributed by atoms with E-state index in [1.54, 1.807) is 0 Å². The van der Waals surface area contributed by atoms with E-state index in [0.717, 1.165) is 19.5 Å². The van der Waals surface area contributed by atoms with Crippen LogP contribution in [0.5, 0.6) is 0 Å². The van der Waals surface area contributed by atoms with Crippen LogP contribution in [-0.4, -0.2) is 25.1 Å². The van der Waals surface area contributed by atoms with E-state index >= 15 is 0 Å². The average molecular weight is 195 g/mol. The maximum Gasteiger partial charge on any atom is 0.00553 e. The summed E-state index contributed by atoms with van der Waals surface area (Å²) < 4.78 is 0. The van der Waals surface area contributed by atoms with Gasteiger partial charge in [0.2, 0.25) is 0 Å². The van der Waals surface area contributed by atoms with E-state index in [0.29, 0.717) is 0 Å². The van der Waals surface area contributed by atoms with Crippen molar-refractivity contribution in [3.63, 3.8) is 0 Å². The minimum absolute atomic E-state index is 1.09. The largest absolute Gasteiger partial charge is 0.316 e. The fourth-order valence-corrected chi connectivity index (χ4v) is 1.53. The SMILES string of the molecule is CSCCNCCc1ccccc1. The molecule has 0 aliphatic heterocycles. The molecule has 0 bridgehead atoms. The van der Waals surface area contributed by atoms with Gasteiger partial charge in [-0.1, -0.05) is 30.3 Å².